The first-order valence-electron chi connectivity index (χ1n) is 9.00. The van der Waals surface area contributed by atoms with E-state index in [1.807, 2.05) is 49.5 Å². The van der Waals surface area contributed by atoms with Crippen LogP contribution >= 0.6 is 0 Å². The smallest absolute Gasteiger partial charge is 0.132 e. The van der Waals surface area contributed by atoms with E-state index in [-0.39, 0.29) is 0 Å². The first kappa shape index (κ1) is 18.8. The Balaban J connectivity index is 1.79. The number of hydrogen-bond donors (Lipinski definition) is 1. The third kappa shape index (κ3) is 5.24. The summed E-state index contributed by atoms with van der Waals surface area (Å²) in [6, 6.07) is 14.0. The van der Waals surface area contributed by atoms with Crippen LogP contribution < -0.4 is 10.2 Å². The van der Waals surface area contributed by atoms with E-state index in [1.54, 1.807) is 6.20 Å². The van der Waals surface area contributed by atoms with Crippen LogP contribution in [-0.2, 0) is 0 Å². The highest BCUT2D eigenvalue weighted by atomic mass is 15.2. The molecule has 0 aliphatic heterocycles. The predicted molar refractivity (Wildman–Crippen MR) is 112 cm³/mol. The number of nitrogens with one attached hydrogen (secondary N) is 1. The van der Waals surface area contributed by atoms with E-state index in [0.717, 1.165) is 47.4 Å². The van der Waals surface area contributed by atoms with Crippen molar-refractivity contribution in [1.82, 2.24) is 19.9 Å². The number of aromatic nitrogens is 3. The molecule has 27 heavy (non-hydrogen) atoms. The van der Waals surface area contributed by atoms with Gasteiger partial charge < -0.3 is 15.1 Å². The predicted octanol–water partition coefficient (Wildman–Crippen LogP) is 3.59. The highest BCUT2D eigenvalue weighted by Gasteiger charge is 2.07. The molecule has 0 aromatic carbocycles. The van der Waals surface area contributed by atoms with Crippen LogP contribution in [0.25, 0.3) is 11.3 Å². The molecule has 0 bridgehead atoms. The lowest BCUT2D eigenvalue weighted by molar-refractivity contribution is 0.416. The van der Waals surface area contributed by atoms with Crippen molar-refractivity contribution < 1.29 is 0 Å². The number of likely N-dealkylation sites (N-methyl/N-ethyl adjacent to an activating group) is 2. The zero-order valence-electron chi connectivity index (χ0n) is 16.3. The molecular formula is C21H26N6. The molecule has 3 rings (SSSR count). The fraction of sp³-hybridized carbons (Fsp3) is 0.286. The van der Waals surface area contributed by atoms with Crippen molar-refractivity contribution in [3.05, 3.63) is 60.4 Å². The Morgan fingerprint density at radius 2 is 1.70 bits per heavy atom. The van der Waals surface area contributed by atoms with Crippen LogP contribution in [0.15, 0.2) is 54.9 Å². The molecule has 0 spiro atoms. The molecule has 0 atom stereocenters. The monoisotopic (exact) mass is 362 g/mol. The summed E-state index contributed by atoms with van der Waals surface area (Å²) >= 11 is 0. The molecule has 0 unspecified atom stereocenters. The second kappa shape index (κ2) is 8.60. The van der Waals surface area contributed by atoms with Gasteiger partial charge in [-0.05, 0) is 63.0 Å². The maximum Gasteiger partial charge on any atom is 0.132 e. The molecule has 3 aromatic rings. The van der Waals surface area contributed by atoms with Crippen LogP contribution in [-0.4, -0.2) is 54.1 Å². The Kier molecular flexibility index (Phi) is 5.98. The Morgan fingerprint density at radius 1 is 0.889 bits per heavy atom. The van der Waals surface area contributed by atoms with Gasteiger partial charge in [0.1, 0.15) is 17.5 Å². The number of rotatable bonds is 7. The topological polar surface area (TPSA) is 57.2 Å². The van der Waals surface area contributed by atoms with Crippen molar-refractivity contribution in [2.24, 2.45) is 0 Å². The van der Waals surface area contributed by atoms with Crippen molar-refractivity contribution in [2.75, 3.05) is 44.4 Å². The fourth-order valence-corrected chi connectivity index (χ4v) is 2.65. The number of pyridine rings is 3. The van der Waals surface area contributed by atoms with Crippen molar-refractivity contribution >= 4 is 17.5 Å². The molecule has 3 aromatic heterocycles. The molecule has 0 aliphatic rings. The van der Waals surface area contributed by atoms with Crippen molar-refractivity contribution in [1.29, 1.82) is 0 Å². The average molecular weight is 362 g/mol. The molecule has 0 amide bonds. The summed E-state index contributed by atoms with van der Waals surface area (Å²) in [4.78, 5) is 17.9. The highest BCUT2D eigenvalue weighted by molar-refractivity contribution is 5.65. The van der Waals surface area contributed by atoms with Gasteiger partial charge in [0.25, 0.3) is 0 Å². The van der Waals surface area contributed by atoms with Gasteiger partial charge in [-0.15, -0.1) is 0 Å². The van der Waals surface area contributed by atoms with Gasteiger partial charge in [-0.25, -0.2) is 15.0 Å². The minimum atomic E-state index is 0.768. The van der Waals surface area contributed by atoms with Crippen LogP contribution in [0.4, 0.5) is 17.5 Å². The number of anilines is 3. The average Bonchev–Trinajstić information content (AvgIpc) is 2.66. The number of nitrogens with zero attached hydrogens (tertiary/aromatic N) is 5. The Bertz CT molecular complexity index is 893. The lowest BCUT2D eigenvalue weighted by Gasteiger charge is -2.21. The summed E-state index contributed by atoms with van der Waals surface area (Å²) in [6.45, 7) is 3.93. The summed E-state index contributed by atoms with van der Waals surface area (Å²) in [5.74, 6) is 2.50. The molecule has 6 heteroatoms. The third-order valence-corrected chi connectivity index (χ3v) is 4.24. The summed E-state index contributed by atoms with van der Waals surface area (Å²) in [6.07, 6.45) is 3.63. The van der Waals surface area contributed by atoms with Crippen molar-refractivity contribution in [3.8, 4) is 11.3 Å². The lowest BCUT2D eigenvalue weighted by atomic mass is 10.1. The SMILES string of the molecule is Cc1ccnc(Nc2cccc(-c3ccnc(N(C)CCN(C)C)c3)n2)c1. The molecule has 0 saturated heterocycles. The molecule has 1 N–H and O–H groups in total. The van der Waals surface area contributed by atoms with E-state index < -0.39 is 0 Å². The van der Waals surface area contributed by atoms with E-state index in [1.165, 1.54) is 0 Å². The van der Waals surface area contributed by atoms with E-state index in [0.29, 0.717) is 0 Å². The van der Waals surface area contributed by atoms with Gasteiger partial charge in [0.15, 0.2) is 0 Å². The van der Waals surface area contributed by atoms with E-state index in [4.69, 9.17) is 4.98 Å². The van der Waals surface area contributed by atoms with Crippen molar-refractivity contribution in [3.63, 3.8) is 0 Å². The minimum absolute atomic E-state index is 0.768. The maximum atomic E-state index is 4.74. The maximum absolute atomic E-state index is 4.74. The van der Waals surface area contributed by atoms with Crippen LogP contribution in [0.2, 0.25) is 0 Å². The minimum Gasteiger partial charge on any atom is -0.358 e. The molecule has 0 saturated carbocycles. The molecule has 6 nitrogen and oxygen atoms in total. The normalized spacial score (nSPS) is 10.9. The van der Waals surface area contributed by atoms with Gasteiger partial charge in [-0.2, -0.15) is 0 Å². The van der Waals surface area contributed by atoms with Gasteiger partial charge in [0.2, 0.25) is 0 Å². The molecule has 0 radical (unpaired) electrons. The number of hydrogen-bond acceptors (Lipinski definition) is 6. The quantitative estimate of drug-likeness (QED) is 0.693. The molecule has 0 fully saturated rings. The second-order valence-electron chi connectivity index (χ2n) is 6.88. The highest BCUT2D eigenvalue weighted by Crippen LogP contribution is 2.23. The van der Waals surface area contributed by atoms with Gasteiger partial charge in [-0.3, -0.25) is 0 Å². The molecule has 0 aliphatic carbocycles. The zero-order chi connectivity index (χ0) is 19.2. The summed E-state index contributed by atoms with van der Waals surface area (Å²) in [7, 11) is 6.21. The zero-order valence-corrected chi connectivity index (χ0v) is 16.3. The fourth-order valence-electron chi connectivity index (χ4n) is 2.65. The van der Waals surface area contributed by atoms with Crippen LogP contribution in [0.1, 0.15) is 5.56 Å². The van der Waals surface area contributed by atoms with E-state index in [2.05, 4.69) is 52.3 Å². The van der Waals surface area contributed by atoms with E-state index in [9.17, 15) is 0 Å². The third-order valence-electron chi connectivity index (χ3n) is 4.24. The van der Waals surface area contributed by atoms with Gasteiger partial charge in [0, 0.05) is 38.1 Å². The van der Waals surface area contributed by atoms with Crippen molar-refractivity contribution in [2.45, 2.75) is 6.92 Å². The van der Waals surface area contributed by atoms with Gasteiger partial charge >= 0.3 is 0 Å². The van der Waals surface area contributed by atoms with Gasteiger partial charge in [-0.1, -0.05) is 6.07 Å². The summed E-state index contributed by atoms with van der Waals surface area (Å²) in [5, 5.41) is 3.27. The first-order chi connectivity index (χ1) is 13.0. The first-order valence-corrected chi connectivity index (χ1v) is 9.00. The lowest BCUT2D eigenvalue weighted by Crippen LogP contribution is -2.28. The van der Waals surface area contributed by atoms with Crippen LogP contribution in [0, 0.1) is 6.92 Å². The molecule has 3 heterocycles. The largest absolute Gasteiger partial charge is 0.358 e. The summed E-state index contributed by atoms with van der Waals surface area (Å²) in [5.41, 5.74) is 3.10. The Hall–Kier alpha value is -2.99. The Morgan fingerprint density at radius 3 is 2.48 bits per heavy atom. The standard InChI is InChI=1S/C21H26N6/c1-16-8-10-22-20(14-16)25-19-7-5-6-18(24-19)17-9-11-23-21(15-17)27(4)13-12-26(2)3/h5-11,14-15H,12-13H2,1-4H3,(H,22,24,25). The molecule has 140 valence electrons. The molecular weight excluding hydrogens is 336 g/mol. The number of aryl methyl sites for hydroxylation is 1. The van der Waals surface area contributed by atoms with Crippen LogP contribution in [0.3, 0.4) is 0 Å². The Labute approximate surface area is 160 Å². The summed E-state index contributed by atoms with van der Waals surface area (Å²) < 4.78 is 0. The second-order valence-corrected chi connectivity index (χ2v) is 6.88. The van der Waals surface area contributed by atoms with E-state index >= 15 is 0 Å². The van der Waals surface area contributed by atoms with Gasteiger partial charge in [0.05, 0.1) is 5.69 Å². The van der Waals surface area contributed by atoms with Crippen LogP contribution in [0.5, 0.6) is 0 Å².